The van der Waals surface area contributed by atoms with Crippen molar-refractivity contribution in [1.29, 1.82) is 0 Å². The van der Waals surface area contributed by atoms with E-state index in [9.17, 15) is 9.18 Å². The number of halogens is 1. The number of aromatic nitrogens is 3. The second-order valence-electron chi connectivity index (χ2n) is 6.86. The first-order chi connectivity index (χ1) is 13.6. The summed E-state index contributed by atoms with van der Waals surface area (Å²) in [6.45, 7) is 2.25. The summed E-state index contributed by atoms with van der Waals surface area (Å²) in [6, 6.07) is 10.7. The molecule has 1 aliphatic carbocycles. The van der Waals surface area contributed by atoms with Gasteiger partial charge >= 0.3 is 0 Å². The molecule has 4 rings (SSSR count). The smallest absolute Gasteiger partial charge is 0.233 e. The van der Waals surface area contributed by atoms with E-state index in [0.717, 1.165) is 35.8 Å². The third-order valence-corrected chi connectivity index (χ3v) is 6.52. The van der Waals surface area contributed by atoms with Crippen LogP contribution in [0.1, 0.15) is 42.1 Å². The molecule has 1 amide bonds. The summed E-state index contributed by atoms with van der Waals surface area (Å²) in [5.41, 5.74) is 0.867. The number of benzene rings is 1. The molecule has 0 radical (unpaired) electrons. The van der Waals surface area contributed by atoms with Gasteiger partial charge in [-0.15, -0.1) is 21.5 Å². The van der Waals surface area contributed by atoms with Crippen LogP contribution in [0.4, 0.5) is 4.39 Å². The molecule has 5 nitrogen and oxygen atoms in total. The number of amides is 1. The minimum atomic E-state index is -0.295. The highest BCUT2D eigenvalue weighted by molar-refractivity contribution is 8.00. The highest BCUT2D eigenvalue weighted by Gasteiger charge is 2.31. The predicted octanol–water partition coefficient (Wildman–Crippen LogP) is 4.20. The Morgan fingerprint density at radius 1 is 1.32 bits per heavy atom. The van der Waals surface area contributed by atoms with E-state index in [-0.39, 0.29) is 17.0 Å². The van der Waals surface area contributed by atoms with Crippen molar-refractivity contribution in [2.45, 2.75) is 49.2 Å². The summed E-state index contributed by atoms with van der Waals surface area (Å²) in [5.74, 6) is 0.614. The quantitative estimate of drug-likeness (QED) is 0.559. The van der Waals surface area contributed by atoms with Crippen molar-refractivity contribution in [3.8, 4) is 0 Å². The fourth-order valence-electron chi connectivity index (χ4n) is 2.92. The maximum Gasteiger partial charge on any atom is 0.233 e. The molecule has 0 saturated heterocycles. The second-order valence-corrected chi connectivity index (χ2v) is 9.20. The summed E-state index contributed by atoms with van der Waals surface area (Å²) < 4.78 is 15.2. The fraction of sp³-hybridized carbons (Fsp3) is 0.350. The lowest BCUT2D eigenvalue weighted by molar-refractivity contribution is -0.120. The van der Waals surface area contributed by atoms with Gasteiger partial charge in [0.2, 0.25) is 5.91 Å². The van der Waals surface area contributed by atoms with Crippen molar-refractivity contribution >= 4 is 29.0 Å². The number of hydrogen-bond donors (Lipinski definition) is 1. The third-order valence-electron chi connectivity index (χ3n) is 4.59. The fourth-order valence-corrected chi connectivity index (χ4v) is 4.59. The summed E-state index contributed by atoms with van der Waals surface area (Å²) in [4.78, 5) is 13.7. The largest absolute Gasteiger partial charge is 0.351 e. The van der Waals surface area contributed by atoms with Crippen LogP contribution < -0.4 is 5.32 Å². The van der Waals surface area contributed by atoms with Crippen molar-refractivity contribution in [1.82, 2.24) is 20.1 Å². The Hall–Kier alpha value is -2.19. The zero-order chi connectivity index (χ0) is 19.5. The van der Waals surface area contributed by atoms with Gasteiger partial charge in [0.25, 0.3) is 0 Å². The highest BCUT2D eigenvalue weighted by atomic mass is 32.2. The summed E-state index contributed by atoms with van der Waals surface area (Å²) in [6.07, 6.45) is 3.04. The monoisotopic (exact) mass is 416 g/mol. The zero-order valence-electron chi connectivity index (χ0n) is 15.5. The Bertz CT molecular complexity index is 936. The van der Waals surface area contributed by atoms with Crippen LogP contribution in [-0.2, 0) is 17.8 Å². The Morgan fingerprint density at radius 2 is 2.11 bits per heavy atom. The van der Waals surface area contributed by atoms with E-state index in [1.807, 2.05) is 13.0 Å². The molecule has 2 aromatic heterocycles. The molecule has 1 saturated carbocycles. The Labute approximate surface area is 171 Å². The van der Waals surface area contributed by atoms with Crippen LogP contribution in [0.25, 0.3) is 0 Å². The van der Waals surface area contributed by atoms with Gasteiger partial charge in [-0.25, -0.2) is 4.39 Å². The average Bonchev–Trinajstić information content (AvgIpc) is 3.25. The van der Waals surface area contributed by atoms with Gasteiger partial charge in [0.05, 0.1) is 5.25 Å². The molecule has 1 N–H and O–H groups in total. The van der Waals surface area contributed by atoms with Gasteiger partial charge in [0, 0.05) is 23.9 Å². The number of rotatable bonds is 8. The van der Waals surface area contributed by atoms with Gasteiger partial charge in [-0.3, -0.25) is 4.79 Å². The summed E-state index contributed by atoms with van der Waals surface area (Å²) in [7, 11) is 0. The zero-order valence-corrected chi connectivity index (χ0v) is 17.1. The van der Waals surface area contributed by atoms with E-state index in [0.29, 0.717) is 12.6 Å². The molecule has 8 heteroatoms. The summed E-state index contributed by atoms with van der Waals surface area (Å²) in [5, 5.41) is 14.2. The van der Waals surface area contributed by atoms with Crippen LogP contribution in [0.2, 0.25) is 0 Å². The highest BCUT2D eigenvalue weighted by Crippen LogP contribution is 2.40. The molecule has 0 spiro atoms. The first-order valence-electron chi connectivity index (χ1n) is 9.25. The SMILES string of the molecule is C[C@@H](Sc1nnc(Cc2cccs2)n1C1CC1)C(=O)NCc1ccc(F)cc1. The minimum absolute atomic E-state index is 0.0699. The molecule has 1 fully saturated rings. The molecule has 3 aromatic rings. The van der Waals surface area contributed by atoms with Crippen LogP contribution in [0, 0.1) is 5.82 Å². The number of carbonyl (C=O) groups excluding carboxylic acids is 1. The Kier molecular flexibility index (Phi) is 5.77. The van der Waals surface area contributed by atoms with Gasteiger partial charge in [-0.2, -0.15) is 0 Å². The number of nitrogens with one attached hydrogen (secondary N) is 1. The predicted molar refractivity (Wildman–Crippen MR) is 109 cm³/mol. The Morgan fingerprint density at radius 3 is 2.79 bits per heavy atom. The molecule has 1 atom stereocenters. The second kappa shape index (κ2) is 8.45. The van der Waals surface area contributed by atoms with Crippen LogP contribution in [0.5, 0.6) is 0 Å². The lowest BCUT2D eigenvalue weighted by Gasteiger charge is -2.13. The van der Waals surface area contributed by atoms with Crippen LogP contribution in [0.15, 0.2) is 46.9 Å². The maximum absolute atomic E-state index is 13.0. The van der Waals surface area contributed by atoms with E-state index in [4.69, 9.17) is 0 Å². The van der Waals surface area contributed by atoms with Crippen molar-refractivity contribution < 1.29 is 9.18 Å². The van der Waals surface area contributed by atoms with Gasteiger partial charge in [0.15, 0.2) is 5.16 Å². The summed E-state index contributed by atoms with van der Waals surface area (Å²) >= 11 is 3.15. The van der Waals surface area contributed by atoms with Gasteiger partial charge in [0.1, 0.15) is 11.6 Å². The van der Waals surface area contributed by atoms with Crippen LogP contribution >= 0.6 is 23.1 Å². The molecule has 1 aromatic carbocycles. The van der Waals surface area contributed by atoms with Crippen molar-refractivity contribution in [2.24, 2.45) is 0 Å². The molecule has 0 aliphatic heterocycles. The maximum atomic E-state index is 13.0. The molecule has 28 heavy (non-hydrogen) atoms. The van der Waals surface area contributed by atoms with E-state index in [1.165, 1.54) is 28.8 Å². The topological polar surface area (TPSA) is 59.8 Å². The normalized spacial score (nSPS) is 14.8. The standard InChI is InChI=1S/C20H21FN4OS2/c1-13(19(26)22-12-14-4-6-15(21)7-5-14)28-20-24-23-18(25(20)16-8-9-16)11-17-3-2-10-27-17/h2-7,10,13,16H,8-9,11-12H2,1H3,(H,22,26)/t13-/m1/s1. The number of hydrogen-bond acceptors (Lipinski definition) is 5. The molecule has 0 bridgehead atoms. The average molecular weight is 417 g/mol. The van der Waals surface area contributed by atoms with E-state index >= 15 is 0 Å². The van der Waals surface area contributed by atoms with Crippen LogP contribution in [0.3, 0.4) is 0 Å². The number of thiophene rings is 1. The van der Waals surface area contributed by atoms with Crippen molar-refractivity contribution in [3.05, 3.63) is 63.9 Å². The minimum Gasteiger partial charge on any atom is -0.351 e. The number of carbonyl (C=O) groups is 1. The van der Waals surface area contributed by atoms with Gasteiger partial charge in [-0.1, -0.05) is 30.0 Å². The molecule has 146 valence electrons. The third kappa shape index (κ3) is 4.62. The van der Waals surface area contributed by atoms with Gasteiger partial charge < -0.3 is 9.88 Å². The first-order valence-corrected chi connectivity index (χ1v) is 11.0. The van der Waals surface area contributed by atoms with Crippen molar-refractivity contribution in [3.63, 3.8) is 0 Å². The molecule has 0 unspecified atom stereocenters. The Balaban J connectivity index is 1.39. The molecule has 2 heterocycles. The lowest BCUT2D eigenvalue weighted by Crippen LogP contribution is -2.30. The number of nitrogens with zero attached hydrogens (tertiary/aromatic N) is 3. The lowest BCUT2D eigenvalue weighted by atomic mass is 10.2. The molecule has 1 aliphatic rings. The van der Waals surface area contributed by atoms with Crippen molar-refractivity contribution in [2.75, 3.05) is 0 Å². The van der Waals surface area contributed by atoms with E-state index in [1.54, 1.807) is 23.5 Å². The molecular formula is C20H21FN4OS2. The van der Waals surface area contributed by atoms with E-state index < -0.39 is 0 Å². The van der Waals surface area contributed by atoms with E-state index in [2.05, 4.69) is 31.5 Å². The first kappa shape index (κ1) is 19.1. The number of thioether (sulfide) groups is 1. The van der Waals surface area contributed by atoms with Crippen LogP contribution in [-0.4, -0.2) is 25.9 Å². The van der Waals surface area contributed by atoms with Gasteiger partial charge in [-0.05, 0) is 48.9 Å². The molecular weight excluding hydrogens is 395 g/mol.